The average molecular weight is 377 g/mol. The SMILES string of the molecule is COc1cc(NC(=O)c2cc(Cl)ccc2OC)ccc1NC(=O)C(C)C. The van der Waals surface area contributed by atoms with Crippen molar-refractivity contribution < 1.29 is 19.1 Å². The lowest BCUT2D eigenvalue weighted by atomic mass is 10.1. The van der Waals surface area contributed by atoms with Crippen molar-refractivity contribution >= 4 is 34.8 Å². The lowest BCUT2D eigenvalue weighted by molar-refractivity contribution is -0.118. The van der Waals surface area contributed by atoms with Crippen LogP contribution in [-0.2, 0) is 4.79 Å². The second kappa shape index (κ2) is 8.58. The van der Waals surface area contributed by atoms with E-state index in [4.69, 9.17) is 21.1 Å². The number of methoxy groups -OCH3 is 2. The van der Waals surface area contributed by atoms with Gasteiger partial charge in [0.1, 0.15) is 11.5 Å². The van der Waals surface area contributed by atoms with Crippen LogP contribution in [0, 0.1) is 5.92 Å². The van der Waals surface area contributed by atoms with E-state index in [1.165, 1.54) is 20.3 Å². The van der Waals surface area contributed by atoms with Gasteiger partial charge < -0.3 is 20.1 Å². The Morgan fingerprint density at radius 2 is 1.65 bits per heavy atom. The van der Waals surface area contributed by atoms with Gasteiger partial charge in [-0.05, 0) is 30.3 Å². The summed E-state index contributed by atoms with van der Waals surface area (Å²) in [7, 11) is 2.97. The molecular formula is C19H21ClN2O4. The van der Waals surface area contributed by atoms with E-state index in [0.29, 0.717) is 33.5 Å². The van der Waals surface area contributed by atoms with E-state index in [-0.39, 0.29) is 17.7 Å². The molecule has 0 aliphatic rings. The lowest BCUT2D eigenvalue weighted by Crippen LogP contribution is -2.18. The number of hydrogen-bond donors (Lipinski definition) is 2. The number of hydrogen-bond acceptors (Lipinski definition) is 4. The third-order valence-electron chi connectivity index (χ3n) is 3.65. The highest BCUT2D eigenvalue weighted by Crippen LogP contribution is 2.29. The summed E-state index contributed by atoms with van der Waals surface area (Å²) >= 11 is 5.97. The van der Waals surface area contributed by atoms with E-state index in [9.17, 15) is 9.59 Å². The number of halogens is 1. The molecule has 2 N–H and O–H groups in total. The van der Waals surface area contributed by atoms with Gasteiger partial charge in [0, 0.05) is 22.7 Å². The maximum Gasteiger partial charge on any atom is 0.259 e. The maximum atomic E-state index is 12.5. The minimum atomic E-state index is -0.370. The largest absolute Gasteiger partial charge is 0.496 e. The average Bonchev–Trinajstić information content (AvgIpc) is 2.62. The van der Waals surface area contributed by atoms with Gasteiger partial charge in [0.15, 0.2) is 0 Å². The molecule has 0 atom stereocenters. The van der Waals surface area contributed by atoms with Gasteiger partial charge >= 0.3 is 0 Å². The minimum Gasteiger partial charge on any atom is -0.496 e. The number of nitrogens with one attached hydrogen (secondary N) is 2. The molecule has 0 spiro atoms. The Morgan fingerprint density at radius 3 is 2.27 bits per heavy atom. The first-order valence-electron chi connectivity index (χ1n) is 7.99. The van der Waals surface area contributed by atoms with Gasteiger partial charge in [-0.2, -0.15) is 0 Å². The van der Waals surface area contributed by atoms with Gasteiger partial charge in [0.25, 0.3) is 5.91 Å². The fraction of sp³-hybridized carbons (Fsp3) is 0.263. The Bertz CT molecular complexity index is 821. The van der Waals surface area contributed by atoms with Crippen LogP contribution in [0.3, 0.4) is 0 Å². The molecule has 2 aromatic rings. The molecule has 0 unspecified atom stereocenters. The minimum absolute atomic E-state index is 0.122. The molecule has 2 amide bonds. The molecule has 2 rings (SSSR count). The fourth-order valence-electron chi connectivity index (χ4n) is 2.21. The zero-order valence-corrected chi connectivity index (χ0v) is 15.8. The van der Waals surface area contributed by atoms with Crippen LogP contribution in [0.5, 0.6) is 11.5 Å². The first-order chi connectivity index (χ1) is 12.3. The molecule has 0 aliphatic carbocycles. The third-order valence-corrected chi connectivity index (χ3v) is 3.88. The first-order valence-corrected chi connectivity index (χ1v) is 8.37. The van der Waals surface area contributed by atoms with E-state index in [1.807, 2.05) is 0 Å². The van der Waals surface area contributed by atoms with Crippen molar-refractivity contribution in [2.45, 2.75) is 13.8 Å². The van der Waals surface area contributed by atoms with Gasteiger partial charge in [0.05, 0.1) is 25.5 Å². The topological polar surface area (TPSA) is 76.7 Å². The zero-order valence-electron chi connectivity index (χ0n) is 15.1. The molecule has 0 aliphatic heterocycles. The zero-order chi connectivity index (χ0) is 19.3. The Kier molecular flexibility index (Phi) is 6.46. The van der Waals surface area contributed by atoms with E-state index >= 15 is 0 Å². The van der Waals surface area contributed by atoms with Crippen LogP contribution >= 0.6 is 11.6 Å². The van der Waals surface area contributed by atoms with Gasteiger partial charge in [-0.25, -0.2) is 0 Å². The molecule has 2 aromatic carbocycles. The van der Waals surface area contributed by atoms with Crippen LogP contribution in [-0.4, -0.2) is 26.0 Å². The maximum absolute atomic E-state index is 12.5. The Hall–Kier alpha value is -2.73. The summed E-state index contributed by atoms with van der Waals surface area (Å²) in [6.45, 7) is 3.60. The van der Waals surface area contributed by atoms with Crippen LogP contribution in [0.25, 0.3) is 0 Å². The Morgan fingerprint density at radius 1 is 0.962 bits per heavy atom. The van der Waals surface area contributed by atoms with Crippen molar-refractivity contribution in [2.24, 2.45) is 5.92 Å². The molecule has 0 bridgehead atoms. The van der Waals surface area contributed by atoms with Gasteiger partial charge in [0.2, 0.25) is 5.91 Å². The molecule has 6 nitrogen and oxygen atoms in total. The molecule has 0 saturated carbocycles. The molecule has 0 heterocycles. The van der Waals surface area contributed by atoms with Crippen LogP contribution in [0.4, 0.5) is 11.4 Å². The number of carbonyl (C=O) groups is 2. The number of ether oxygens (including phenoxy) is 2. The highest BCUT2D eigenvalue weighted by Gasteiger charge is 2.15. The first kappa shape index (κ1) is 19.6. The van der Waals surface area contributed by atoms with Crippen molar-refractivity contribution in [1.29, 1.82) is 0 Å². The predicted molar refractivity (Wildman–Crippen MR) is 102 cm³/mol. The summed E-state index contributed by atoms with van der Waals surface area (Å²) in [5.41, 5.74) is 1.36. The summed E-state index contributed by atoms with van der Waals surface area (Å²) in [6, 6.07) is 9.78. The van der Waals surface area contributed by atoms with Crippen LogP contribution < -0.4 is 20.1 Å². The van der Waals surface area contributed by atoms with Crippen LogP contribution in [0.1, 0.15) is 24.2 Å². The summed E-state index contributed by atoms with van der Waals surface area (Å²) < 4.78 is 10.5. The summed E-state index contributed by atoms with van der Waals surface area (Å²) in [4.78, 5) is 24.4. The fourth-order valence-corrected chi connectivity index (χ4v) is 2.38. The quantitative estimate of drug-likeness (QED) is 0.792. The molecule has 0 aromatic heterocycles. The van der Waals surface area contributed by atoms with Gasteiger partial charge in [-0.15, -0.1) is 0 Å². The van der Waals surface area contributed by atoms with Crippen molar-refractivity contribution in [3.8, 4) is 11.5 Å². The molecule has 138 valence electrons. The molecule has 0 fully saturated rings. The Labute approximate surface area is 157 Å². The number of carbonyl (C=O) groups excluding carboxylic acids is 2. The van der Waals surface area contributed by atoms with Crippen LogP contribution in [0.2, 0.25) is 5.02 Å². The van der Waals surface area contributed by atoms with Crippen molar-refractivity contribution in [2.75, 3.05) is 24.9 Å². The van der Waals surface area contributed by atoms with Crippen molar-refractivity contribution in [3.63, 3.8) is 0 Å². The van der Waals surface area contributed by atoms with Crippen molar-refractivity contribution in [1.82, 2.24) is 0 Å². The lowest BCUT2D eigenvalue weighted by Gasteiger charge is -2.14. The van der Waals surface area contributed by atoms with Gasteiger partial charge in [-0.3, -0.25) is 9.59 Å². The van der Waals surface area contributed by atoms with E-state index in [0.717, 1.165) is 0 Å². The Balaban J connectivity index is 2.23. The second-order valence-corrected chi connectivity index (χ2v) is 6.29. The monoisotopic (exact) mass is 376 g/mol. The summed E-state index contributed by atoms with van der Waals surface area (Å²) in [5, 5.41) is 5.98. The smallest absolute Gasteiger partial charge is 0.259 e. The number of anilines is 2. The number of amides is 2. The van der Waals surface area contributed by atoms with Gasteiger partial charge in [-0.1, -0.05) is 25.4 Å². The summed E-state index contributed by atoms with van der Waals surface area (Å²) in [6.07, 6.45) is 0. The van der Waals surface area contributed by atoms with Crippen molar-refractivity contribution in [3.05, 3.63) is 47.0 Å². The molecule has 7 heteroatoms. The van der Waals surface area contributed by atoms with E-state index in [1.54, 1.807) is 44.2 Å². The van der Waals surface area contributed by atoms with Crippen LogP contribution in [0.15, 0.2) is 36.4 Å². The summed E-state index contributed by atoms with van der Waals surface area (Å²) in [5.74, 6) is 0.207. The molecule has 0 saturated heterocycles. The number of rotatable bonds is 6. The molecule has 0 radical (unpaired) electrons. The molecular weight excluding hydrogens is 356 g/mol. The normalized spacial score (nSPS) is 10.4. The number of benzene rings is 2. The van der Waals surface area contributed by atoms with E-state index < -0.39 is 0 Å². The predicted octanol–water partition coefficient (Wildman–Crippen LogP) is 4.20. The van der Waals surface area contributed by atoms with E-state index in [2.05, 4.69) is 10.6 Å². The second-order valence-electron chi connectivity index (χ2n) is 5.86. The third kappa shape index (κ3) is 4.67. The highest BCUT2D eigenvalue weighted by molar-refractivity contribution is 6.31. The standard InChI is InChI=1S/C19H21ClN2O4/c1-11(2)18(23)22-15-7-6-13(10-17(15)26-4)21-19(24)14-9-12(20)5-8-16(14)25-3/h5-11H,1-4H3,(H,21,24)(H,22,23). The highest BCUT2D eigenvalue weighted by atomic mass is 35.5. The molecule has 26 heavy (non-hydrogen) atoms.